The highest BCUT2D eigenvalue weighted by atomic mass is 15.1. The summed E-state index contributed by atoms with van der Waals surface area (Å²) in [6.45, 7) is 4.78. The van der Waals surface area contributed by atoms with E-state index in [0.717, 1.165) is 6.54 Å². The molecule has 0 aliphatic carbocycles. The van der Waals surface area contributed by atoms with Crippen LogP contribution in [-0.2, 0) is 0 Å². The Morgan fingerprint density at radius 2 is 2.00 bits per heavy atom. The molecule has 10 heavy (non-hydrogen) atoms. The van der Waals surface area contributed by atoms with Crippen molar-refractivity contribution in [1.29, 1.82) is 0 Å². The Bertz CT molecular complexity index is 116. The van der Waals surface area contributed by atoms with Crippen LogP contribution in [0.4, 0.5) is 0 Å². The summed E-state index contributed by atoms with van der Waals surface area (Å²) in [4.78, 5) is 6.17. The summed E-state index contributed by atoms with van der Waals surface area (Å²) in [7, 11) is 3.95. The number of likely N-dealkylation sites (N-methyl/N-ethyl adjacent to an activating group) is 1. The van der Waals surface area contributed by atoms with Crippen LogP contribution in [-0.4, -0.2) is 37.4 Å². The van der Waals surface area contributed by atoms with Crippen molar-refractivity contribution in [2.45, 2.75) is 19.9 Å². The second-order valence-corrected chi connectivity index (χ2v) is 2.95. The fraction of sp³-hybridized carbons (Fsp3) is 0.857. The van der Waals surface area contributed by atoms with Crippen molar-refractivity contribution in [3.05, 3.63) is 0 Å². The van der Waals surface area contributed by atoms with Gasteiger partial charge in [0, 0.05) is 6.04 Å². The van der Waals surface area contributed by atoms with Crippen LogP contribution in [0.5, 0.6) is 0 Å². The first kappa shape index (κ1) is 9.43. The van der Waals surface area contributed by atoms with Gasteiger partial charge < -0.3 is 10.6 Å². The van der Waals surface area contributed by atoms with Gasteiger partial charge in [0.25, 0.3) is 0 Å². The van der Waals surface area contributed by atoms with E-state index < -0.39 is 0 Å². The van der Waals surface area contributed by atoms with Crippen molar-refractivity contribution in [3.63, 3.8) is 0 Å². The zero-order valence-electron chi connectivity index (χ0n) is 7.26. The number of nitrogens with zero attached hydrogens (tertiary/aromatic N) is 2. The molecule has 0 atom stereocenters. The van der Waals surface area contributed by atoms with Crippen LogP contribution < -0.4 is 5.73 Å². The molecule has 3 heteroatoms. The maximum absolute atomic E-state index is 5.58. The molecule has 0 unspecified atom stereocenters. The number of hydrogen-bond acceptors (Lipinski definition) is 2. The summed E-state index contributed by atoms with van der Waals surface area (Å²) in [6.07, 6.45) is 0. The molecule has 0 radical (unpaired) electrons. The molecular formula is C7H17N3. The molecule has 0 fully saturated rings. The van der Waals surface area contributed by atoms with Gasteiger partial charge in [0.15, 0.2) is 0 Å². The minimum atomic E-state index is 0.306. The molecule has 2 N–H and O–H groups in total. The van der Waals surface area contributed by atoms with E-state index in [1.807, 2.05) is 32.8 Å². The standard InChI is InChI=1S/C7H17N3/c1-6(2)9-7(8)5-10(3)4/h6H,5H2,1-4H3,(H2,8,9). The number of rotatable bonds is 3. The Morgan fingerprint density at radius 3 is 2.30 bits per heavy atom. The first-order valence-corrected chi connectivity index (χ1v) is 3.49. The van der Waals surface area contributed by atoms with Crippen molar-refractivity contribution in [3.8, 4) is 0 Å². The van der Waals surface area contributed by atoms with Gasteiger partial charge in [-0.15, -0.1) is 0 Å². The summed E-state index contributed by atoms with van der Waals surface area (Å²) in [5.74, 6) is 0.708. The van der Waals surface area contributed by atoms with Crippen LogP contribution >= 0.6 is 0 Å². The van der Waals surface area contributed by atoms with Gasteiger partial charge in [-0.25, -0.2) is 0 Å². The number of nitrogens with two attached hydrogens (primary N) is 1. The molecule has 0 bridgehead atoms. The number of aliphatic imine (C=N–C) groups is 1. The van der Waals surface area contributed by atoms with Gasteiger partial charge in [-0.05, 0) is 27.9 Å². The maximum atomic E-state index is 5.58. The normalized spacial score (nSPS) is 13.2. The zero-order valence-corrected chi connectivity index (χ0v) is 7.26. The molecule has 0 aromatic rings. The lowest BCUT2D eigenvalue weighted by atomic mass is 10.4. The van der Waals surface area contributed by atoms with E-state index in [9.17, 15) is 0 Å². The van der Waals surface area contributed by atoms with E-state index in [4.69, 9.17) is 5.73 Å². The van der Waals surface area contributed by atoms with Gasteiger partial charge in [-0.3, -0.25) is 4.99 Å². The van der Waals surface area contributed by atoms with Crippen LogP contribution in [0.25, 0.3) is 0 Å². The average molecular weight is 143 g/mol. The van der Waals surface area contributed by atoms with E-state index in [1.165, 1.54) is 0 Å². The minimum Gasteiger partial charge on any atom is -0.386 e. The lowest BCUT2D eigenvalue weighted by Crippen LogP contribution is -2.28. The monoisotopic (exact) mass is 143 g/mol. The Labute approximate surface area is 62.9 Å². The predicted octanol–water partition coefficient (Wildman–Crippen LogP) is 0.314. The molecule has 0 aliphatic rings. The molecule has 0 aromatic carbocycles. The van der Waals surface area contributed by atoms with Crippen molar-refractivity contribution in [1.82, 2.24) is 4.90 Å². The Balaban J connectivity index is 3.71. The molecule has 0 aliphatic heterocycles. The highest BCUT2D eigenvalue weighted by Gasteiger charge is 1.95. The summed E-state index contributed by atoms with van der Waals surface area (Å²) < 4.78 is 0. The van der Waals surface area contributed by atoms with Crippen LogP contribution in [0.3, 0.4) is 0 Å². The predicted molar refractivity (Wildman–Crippen MR) is 45.3 cm³/mol. The fourth-order valence-corrected chi connectivity index (χ4v) is 0.696. The molecule has 0 aromatic heterocycles. The molecule has 0 amide bonds. The molecule has 3 nitrogen and oxygen atoms in total. The van der Waals surface area contributed by atoms with Crippen LogP contribution in [0.1, 0.15) is 13.8 Å². The zero-order chi connectivity index (χ0) is 8.15. The third kappa shape index (κ3) is 5.56. The smallest absolute Gasteiger partial charge is 0.108 e. The van der Waals surface area contributed by atoms with Crippen molar-refractivity contribution < 1.29 is 0 Å². The Morgan fingerprint density at radius 1 is 1.50 bits per heavy atom. The fourth-order valence-electron chi connectivity index (χ4n) is 0.696. The van der Waals surface area contributed by atoms with E-state index >= 15 is 0 Å². The summed E-state index contributed by atoms with van der Waals surface area (Å²) >= 11 is 0. The quantitative estimate of drug-likeness (QED) is 0.456. The van der Waals surface area contributed by atoms with E-state index in [1.54, 1.807) is 0 Å². The molecule has 0 heterocycles. The van der Waals surface area contributed by atoms with Crippen LogP contribution in [0, 0.1) is 0 Å². The molecule has 0 rings (SSSR count). The van der Waals surface area contributed by atoms with E-state index in [-0.39, 0.29) is 0 Å². The second kappa shape index (κ2) is 4.28. The molecule has 0 saturated carbocycles. The highest BCUT2D eigenvalue weighted by molar-refractivity contribution is 5.82. The molecule has 60 valence electrons. The molecule has 0 spiro atoms. The van der Waals surface area contributed by atoms with Crippen LogP contribution in [0.15, 0.2) is 4.99 Å². The van der Waals surface area contributed by atoms with Gasteiger partial charge in [-0.1, -0.05) is 0 Å². The van der Waals surface area contributed by atoms with E-state index in [0.29, 0.717) is 11.9 Å². The number of hydrogen-bond donors (Lipinski definition) is 1. The van der Waals surface area contributed by atoms with Crippen molar-refractivity contribution in [2.24, 2.45) is 10.7 Å². The van der Waals surface area contributed by atoms with Crippen molar-refractivity contribution in [2.75, 3.05) is 20.6 Å². The third-order valence-electron chi connectivity index (χ3n) is 0.902. The Kier molecular flexibility index (Phi) is 4.03. The third-order valence-corrected chi connectivity index (χ3v) is 0.902. The molecular weight excluding hydrogens is 126 g/mol. The van der Waals surface area contributed by atoms with Gasteiger partial charge in [0.1, 0.15) is 5.84 Å². The topological polar surface area (TPSA) is 41.6 Å². The maximum Gasteiger partial charge on any atom is 0.108 e. The largest absolute Gasteiger partial charge is 0.386 e. The average Bonchev–Trinajstić information content (AvgIpc) is 1.58. The summed E-state index contributed by atoms with van der Waals surface area (Å²) in [5.41, 5.74) is 5.58. The first-order chi connectivity index (χ1) is 4.52. The van der Waals surface area contributed by atoms with Gasteiger partial charge in [-0.2, -0.15) is 0 Å². The first-order valence-electron chi connectivity index (χ1n) is 3.49. The lowest BCUT2D eigenvalue weighted by Gasteiger charge is -2.09. The number of amidine groups is 1. The van der Waals surface area contributed by atoms with E-state index in [2.05, 4.69) is 4.99 Å². The Hall–Kier alpha value is -0.570. The summed E-state index contributed by atoms with van der Waals surface area (Å²) in [6, 6.07) is 0.306. The van der Waals surface area contributed by atoms with Crippen LogP contribution in [0.2, 0.25) is 0 Å². The SMILES string of the molecule is CC(C)N=C(N)CN(C)C. The van der Waals surface area contributed by atoms with Gasteiger partial charge in [0.2, 0.25) is 0 Å². The second-order valence-electron chi connectivity index (χ2n) is 2.95. The lowest BCUT2D eigenvalue weighted by molar-refractivity contribution is 0.467. The summed E-state index contributed by atoms with van der Waals surface area (Å²) in [5, 5.41) is 0. The highest BCUT2D eigenvalue weighted by Crippen LogP contribution is 1.85. The van der Waals surface area contributed by atoms with Crippen molar-refractivity contribution >= 4 is 5.84 Å². The minimum absolute atomic E-state index is 0.306. The molecule has 0 saturated heterocycles. The van der Waals surface area contributed by atoms with Gasteiger partial charge in [0.05, 0.1) is 6.54 Å². The van der Waals surface area contributed by atoms with Gasteiger partial charge >= 0.3 is 0 Å².